The number of likely N-dealkylation sites (N-methyl/N-ethyl adjacent to an activating group) is 1. The van der Waals surface area contributed by atoms with Crippen molar-refractivity contribution in [2.75, 3.05) is 46.3 Å². The highest BCUT2D eigenvalue weighted by molar-refractivity contribution is 4.93. The number of rotatable bonds is 38. The second kappa shape index (κ2) is 40.2. The van der Waals surface area contributed by atoms with E-state index in [4.69, 9.17) is 0 Å². The fourth-order valence-corrected chi connectivity index (χ4v) is 5.78. The van der Waals surface area contributed by atoms with Crippen molar-refractivity contribution in [3.05, 3.63) is 48.6 Å². The van der Waals surface area contributed by atoms with Crippen LogP contribution in [0.5, 0.6) is 0 Å². The molecule has 282 valence electrons. The zero-order chi connectivity index (χ0) is 35.0. The van der Waals surface area contributed by atoms with Crippen LogP contribution in [0.25, 0.3) is 0 Å². The Balaban J connectivity index is 3.44. The molecule has 48 heavy (non-hydrogen) atoms. The standard InChI is InChI=1S/C43H83N3O2/c1-4-6-8-10-12-14-16-18-20-22-24-26-28-30-32-34-42(47)40-44-36-38-46(3)39-37-45-41-43(48)35-33-31-29-27-25-23-21-19-17-15-13-11-9-7-5-2/h12-15,18-21,42-45,47-48H,4-11,16-17,22-41H2,1-3H3/b14-12-,15-13-,20-18-,21-19-. The van der Waals surface area contributed by atoms with Gasteiger partial charge in [-0.3, -0.25) is 0 Å². The minimum absolute atomic E-state index is 0.240. The number of nitrogens with one attached hydrogen (secondary N) is 2. The predicted molar refractivity (Wildman–Crippen MR) is 214 cm³/mol. The Morgan fingerprint density at radius 1 is 0.458 bits per heavy atom. The molecule has 0 aromatic carbocycles. The number of aliphatic hydroxyl groups is 2. The van der Waals surface area contributed by atoms with E-state index in [1.54, 1.807) is 0 Å². The maximum Gasteiger partial charge on any atom is 0.0664 e. The summed E-state index contributed by atoms with van der Waals surface area (Å²) in [5, 5.41) is 27.4. The molecule has 0 saturated carbocycles. The van der Waals surface area contributed by atoms with Gasteiger partial charge in [0.05, 0.1) is 12.2 Å². The van der Waals surface area contributed by atoms with Crippen molar-refractivity contribution in [3.8, 4) is 0 Å². The fraction of sp³-hybridized carbons (Fsp3) is 0.814. The molecule has 0 fully saturated rings. The first-order valence-electron chi connectivity index (χ1n) is 20.7. The molecule has 0 spiro atoms. The summed E-state index contributed by atoms with van der Waals surface area (Å²) in [6.45, 7) is 9.60. The molecule has 0 heterocycles. The summed E-state index contributed by atoms with van der Waals surface area (Å²) in [6, 6.07) is 0. The maximum absolute atomic E-state index is 10.3. The predicted octanol–water partition coefficient (Wildman–Crippen LogP) is 10.4. The lowest BCUT2D eigenvalue weighted by atomic mass is 10.1. The Bertz CT molecular complexity index is 676. The fourth-order valence-electron chi connectivity index (χ4n) is 5.78. The minimum Gasteiger partial charge on any atom is -0.392 e. The third-order valence-corrected chi connectivity index (χ3v) is 9.08. The Labute approximate surface area is 300 Å². The third-order valence-electron chi connectivity index (χ3n) is 9.08. The highest BCUT2D eigenvalue weighted by Gasteiger charge is 2.06. The van der Waals surface area contributed by atoms with Crippen LogP contribution < -0.4 is 10.6 Å². The Morgan fingerprint density at radius 3 is 1.17 bits per heavy atom. The minimum atomic E-state index is -0.240. The lowest BCUT2D eigenvalue weighted by molar-refractivity contribution is 0.154. The maximum atomic E-state index is 10.3. The molecule has 0 amide bonds. The zero-order valence-corrected chi connectivity index (χ0v) is 32.3. The van der Waals surface area contributed by atoms with E-state index in [9.17, 15) is 10.2 Å². The highest BCUT2D eigenvalue weighted by Crippen LogP contribution is 2.11. The van der Waals surface area contributed by atoms with Gasteiger partial charge in [0.15, 0.2) is 0 Å². The first-order valence-corrected chi connectivity index (χ1v) is 20.7. The van der Waals surface area contributed by atoms with Crippen LogP contribution in [0.1, 0.15) is 168 Å². The lowest BCUT2D eigenvalue weighted by Gasteiger charge is -2.19. The van der Waals surface area contributed by atoms with E-state index >= 15 is 0 Å². The van der Waals surface area contributed by atoms with Gasteiger partial charge in [-0.2, -0.15) is 0 Å². The second-order valence-electron chi connectivity index (χ2n) is 14.1. The topological polar surface area (TPSA) is 67.8 Å². The number of hydrogen-bond donors (Lipinski definition) is 4. The van der Waals surface area contributed by atoms with Crippen molar-refractivity contribution >= 4 is 0 Å². The molecule has 2 atom stereocenters. The average Bonchev–Trinajstić information content (AvgIpc) is 3.08. The van der Waals surface area contributed by atoms with Crippen LogP contribution in [-0.2, 0) is 0 Å². The quantitative estimate of drug-likeness (QED) is 0.0388. The second-order valence-corrected chi connectivity index (χ2v) is 14.1. The van der Waals surface area contributed by atoms with Gasteiger partial charge in [0.25, 0.3) is 0 Å². The molecule has 5 heteroatoms. The monoisotopic (exact) mass is 674 g/mol. The Kier molecular flexibility index (Phi) is 39.2. The number of aliphatic hydroxyl groups excluding tert-OH is 2. The molecule has 4 N–H and O–H groups in total. The van der Waals surface area contributed by atoms with E-state index in [0.717, 1.165) is 64.7 Å². The van der Waals surface area contributed by atoms with E-state index in [1.807, 2.05) is 0 Å². The van der Waals surface area contributed by atoms with Gasteiger partial charge in [-0.1, -0.05) is 140 Å². The molecule has 0 saturated heterocycles. The SMILES string of the molecule is CCCCC/C=C\C/C=C\CCCCCCCC(O)CNCCN(C)CCNCC(O)CCCCCCC/C=C\C/C=C\CCCCC. The largest absolute Gasteiger partial charge is 0.392 e. The van der Waals surface area contributed by atoms with E-state index in [2.05, 4.69) is 85.0 Å². The zero-order valence-electron chi connectivity index (χ0n) is 32.3. The highest BCUT2D eigenvalue weighted by atomic mass is 16.3. The first-order chi connectivity index (χ1) is 23.6. The number of allylic oxidation sites excluding steroid dienone is 8. The normalized spacial score (nSPS) is 13.8. The molecular weight excluding hydrogens is 590 g/mol. The summed E-state index contributed by atoms with van der Waals surface area (Å²) in [6.07, 6.45) is 47.2. The number of hydrogen-bond acceptors (Lipinski definition) is 5. The van der Waals surface area contributed by atoms with Gasteiger partial charge in [-0.25, -0.2) is 0 Å². The van der Waals surface area contributed by atoms with Gasteiger partial charge in [-0.15, -0.1) is 0 Å². The first kappa shape index (κ1) is 46.8. The molecule has 0 rings (SSSR count). The van der Waals surface area contributed by atoms with Crippen LogP contribution in [-0.4, -0.2) is 73.6 Å². The van der Waals surface area contributed by atoms with Crippen molar-refractivity contribution < 1.29 is 10.2 Å². The summed E-state index contributed by atoms with van der Waals surface area (Å²) in [4.78, 5) is 2.31. The van der Waals surface area contributed by atoms with Crippen molar-refractivity contribution in [2.45, 2.75) is 180 Å². The van der Waals surface area contributed by atoms with Crippen LogP contribution in [0, 0.1) is 0 Å². The van der Waals surface area contributed by atoms with E-state index in [-0.39, 0.29) is 12.2 Å². The van der Waals surface area contributed by atoms with Crippen LogP contribution in [0.3, 0.4) is 0 Å². The molecule has 0 bridgehead atoms. The molecule has 5 nitrogen and oxygen atoms in total. The Hall–Kier alpha value is -1.24. The molecule has 0 aliphatic carbocycles. The van der Waals surface area contributed by atoms with Crippen molar-refractivity contribution in [1.29, 1.82) is 0 Å². The summed E-state index contributed by atoms with van der Waals surface area (Å²) >= 11 is 0. The summed E-state index contributed by atoms with van der Waals surface area (Å²) in [5.74, 6) is 0. The van der Waals surface area contributed by atoms with Crippen molar-refractivity contribution in [1.82, 2.24) is 15.5 Å². The van der Waals surface area contributed by atoms with Gasteiger partial charge in [0.2, 0.25) is 0 Å². The molecule has 0 aromatic heterocycles. The lowest BCUT2D eigenvalue weighted by Crippen LogP contribution is -2.38. The van der Waals surface area contributed by atoms with Gasteiger partial charge in [0.1, 0.15) is 0 Å². The van der Waals surface area contributed by atoms with Crippen LogP contribution in [0.2, 0.25) is 0 Å². The molecule has 0 aromatic rings. The molecule has 2 unspecified atom stereocenters. The van der Waals surface area contributed by atoms with Crippen molar-refractivity contribution in [3.63, 3.8) is 0 Å². The molecular formula is C43H83N3O2. The van der Waals surface area contributed by atoms with Gasteiger partial charge >= 0.3 is 0 Å². The van der Waals surface area contributed by atoms with E-state index in [0.29, 0.717) is 13.1 Å². The van der Waals surface area contributed by atoms with Gasteiger partial charge in [-0.05, 0) is 84.1 Å². The molecule has 0 aliphatic rings. The summed E-state index contributed by atoms with van der Waals surface area (Å²) < 4.78 is 0. The van der Waals surface area contributed by atoms with Crippen molar-refractivity contribution in [2.24, 2.45) is 0 Å². The van der Waals surface area contributed by atoms with Crippen LogP contribution in [0.15, 0.2) is 48.6 Å². The summed E-state index contributed by atoms with van der Waals surface area (Å²) in [5.41, 5.74) is 0. The van der Waals surface area contributed by atoms with Gasteiger partial charge in [0, 0.05) is 39.3 Å². The number of nitrogens with zero attached hydrogens (tertiary/aromatic N) is 1. The van der Waals surface area contributed by atoms with E-state index in [1.165, 1.54) is 116 Å². The Morgan fingerprint density at radius 2 is 0.792 bits per heavy atom. The summed E-state index contributed by atoms with van der Waals surface area (Å²) in [7, 11) is 2.14. The van der Waals surface area contributed by atoms with E-state index < -0.39 is 0 Å². The van der Waals surface area contributed by atoms with Gasteiger partial charge < -0.3 is 25.7 Å². The number of unbranched alkanes of at least 4 members (excludes halogenated alkanes) is 16. The molecule has 0 aliphatic heterocycles. The van der Waals surface area contributed by atoms with Crippen LogP contribution >= 0.6 is 0 Å². The van der Waals surface area contributed by atoms with Crippen LogP contribution in [0.4, 0.5) is 0 Å². The molecule has 0 radical (unpaired) electrons. The smallest absolute Gasteiger partial charge is 0.0664 e. The average molecular weight is 674 g/mol. The third kappa shape index (κ3) is 39.2.